The summed E-state index contributed by atoms with van der Waals surface area (Å²) in [6, 6.07) is 31.4. The predicted octanol–water partition coefficient (Wildman–Crippen LogP) is 6.14. The van der Waals surface area contributed by atoms with Crippen LogP contribution in [0.25, 0.3) is 0 Å². The molecule has 0 aliphatic heterocycles. The molecule has 0 saturated carbocycles. The number of rotatable bonds is 4. The Hall–Kier alpha value is -2.34. The first-order valence-corrected chi connectivity index (χ1v) is 8.57. The second-order valence-corrected chi connectivity index (χ2v) is 7.44. The molecule has 0 nitrogen and oxygen atoms in total. The van der Waals surface area contributed by atoms with Crippen LogP contribution < -0.4 is 0 Å². The lowest BCUT2D eigenvalue weighted by Gasteiger charge is -2.35. The average Bonchev–Trinajstić information content (AvgIpc) is 2.63. The van der Waals surface area contributed by atoms with Gasteiger partial charge >= 0.3 is 0 Å². The van der Waals surface area contributed by atoms with Crippen molar-refractivity contribution in [3.63, 3.8) is 0 Å². The van der Waals surface area contributed by atoms with Gasteiger partial charge in [0.25, 0.3) is 0 Å². The van der Waals surface area contributed by atoms with Crippen LogP contribution in [0.1, 0.15) is 49.9 Å². The van der Waals surface area contributed by atoms with Gasteiger partial charge in [-0.1, -0.05) is 107 Å². The van der Waals surface area contributed by atoms with Crippen molar-refractivity contribution in [2.45, 2.75) is 38.5 Å². The molecular weight excluding hydrogens is 288 g/mol. The molecule has 0 aromatic heterocycles. The maximum atomic E-state index is 3.55. The van der Waals surface area contributed by atoms with Crippen LogP contribution in [-0.4, -0.2) is 0 Å². The van der Waals surface area contributed by atoms with Gasteiger partial charge in [-0.05, 0) is 28.3 Å². The molecule has 1 radical (unpaired) electrons. The van der Waals surface area contributed by atoms with E-state index in [9.17, 15) is 0 Å². The lowest BCUT2D eigenvalue weighted by molar-refractivity contribution is 0.577. The van der Waals surface area contributed by atoms with Gasteiger partial charge in [0, 0.05) is 10.8 Å². The Morgan fingerprint density at radius 2 is 1.08 bits per heavy atom. The normalized spacial score (nSPS) is 12.2. The van der Waals surface area contributed by atoms with E-state index < -0.39 is 0 Å². The molecule has 0 aliphatic carbocycles. The molecule has 0 heteroatoms. The van der Waals surface area contributed by atoms with E-state index in [0.29, 0.717) is 0 Å². The van der Waals surface area contributed by atoms with Gasteiger partial charge in [-0.2, -0.15) is 0 Å². The van der Waals surface area contributed by atoms with Crippen molar-refractivity contribution < 1.29 is 0 Å². The number of benzene rings is 3. The lowest BCUT2D eigenvalue weighted by atomic mass is 9.68. The summed E-state index contributed by atoms with van der Waals surface area (Å²) in [5, 5.41) is 0. The van der Waals surface area contributed by atoms with Crippen LogP contribution in [0.2, 0.25) is 0 Å². The van der Waals surface area contributed by atoms with Crippen molar-refractivity contribution in [3.05, 3.63) is 107 Å². The van der Waals surface area contributed by atoms with Gasteiger partial charge in [-0.25, -0.2) is 0 Å². The van der Waals surface area contributed by atoms with Crippen LogP contribution in [0, 0.1) is 6.07 Å². The standard InChI is InChI=1S/C24H25/c1-23(2,19-13-7-5-8-14-19)21-17-11-12-18-22(21)24(3,4)20-15-9-6-10-16-20/h5-17H,1-4H3. The molecule has 3 rings (SSSR count). The maximum Gasteiger partial charge on any atom is 0.0155 e. The Balaban J connectivity index is 2.16. The highest BCUT2D eigenvalue weighted by Crippen LogP contribution is 2.40. The van der Waals surface area contributed by atoms with Gasteiger partial charge in [-0.3, -0.25) is 0 Å². The van der Waals surface area contributed by atoms with Gasteiger partial charge in [-0.15, -0.1) is 0 Å². The van der Waals surface area contributed by atoms with E-state index in [1.807, 2.05) is 6.07 Å². The summed E-state index contributed by atoms with van der Waals surface area (Å²) in [4.78, 5) is 0. The monoisotopic (exact) mass is 313 g/mol. The minimum Gasteiger partial charge on any atom is -0.0622 e. The van der Waals surface area contributed by atoms with E-state index in [4.69, 9.17) is 0 Å². The largest absolute Gasteiger partial charge is 0.0622 e. The third-order valence-electron chi connectivity index (χ3n) is 5.15. The van der Waals surface area contributed by atoms with Crippen LogP contribution >= 0.6 is 0 Å². The zero-order valence-corrected chi connectivity index (χ0v) is 15.0. The molecule has 0 atom stereocenters. The van der Waals surface area contributed by atoms with E-state index in [1.54, 1.807) is 0 Å². The van der Waals surface area contributed by atoms with Gasteiger partial charge in [0.05, 0.1) is 0 Å². The topological polar surface area (TPSA) is 0 Å². The van der Waals surface area contributed by atoms with Crippen LogP contribution in [-0.2, 0) is 10.8 Å². The van der Waals surface area contributed by atoms with Crippen molar-refractivity contribution in [2.24, 2.45) is 0 Å². The Kier molecular flexibility index (Phi) is 4.32. The summed E-state index contributed by atoms with van der Waals surface area (Å²) in [5.74, 6) is 0. The minimum absolute atomic E-state index is 0.0690. The maximum absolute atomic E-state index is 3.55. The highest BCUT2D eigenvalue weighted by Gasteiger charge is 2.32. The zero-order chi connectivity index (χ0) is 17.2. The van der Waals surface area contributed by atoms with E-state index in [0.717, 1.165) is 0 Å². The molecule has 121 valence electrons. The first kappa shape index (κ1) is 16.5. The smallest absolute Gasteiger partial charge is 0.0155 e. The molecular formula is C24H25. The van der Waals surface area contributed by atoms with Gasteiger partial charge in [0.1, 0.15) is 0 Å². The van der Waals surface area contributed by atoms with Crippen LogP contribution in [0.4, 0.5) is 0 Å². The molecule has 0 amide bonds. The fourth-order valence-corrected chi connectivity index (χ4v) is 3.48. The first-order chi connectivity index (χ1) is 11.4. The van der Waals surface area contributed by atoms with Crippen LogP contribution in [0.5, 0.6) is 0 Å². The molecule has 0 saturated heterocycles. The van der Waals surface area contributed by atoms with Crippen molar-refractivity contribution in [3.8, 4) is 0 Å². The molecule has 0 N–H and O–H groups in total. The SMILES string of the molecule is CC(C)(c1ccccc1)c1[c]cccc1C(C)(C)c1ccccc1. The highest BCUT2D eigenvalue weighted by molar-refractivity contribution is 5.48. The summed E-state index contributed by atoms with van der Waals surface area (Å²) in [5.41, 5.74) is 5.09. The van der Waals surface area contributed by atoms with E-state index in [-0.39, 0.29) is 10.8 Å². The van der Waals surface area contributed by atoms with Crippen LogP contribution in [0.3, 0.4) is 0 Å². The second kappa shape index (κ2) is 6.28. The summed E-state index contributed by atoms with van der Waals surface area (Å²) in [7, 11) is 0. The number of hydrogen-bond acceptors (Lipinski definition) is 0. The van der Waals surface area contributed by atoms with Crippen molar-refractivity contribution >= 4 is 0 Å². The fraction of sp³-hybridized carbons (Fsp3) is 0.250. The summed E-state index contributed by atoms with van der Waals surface area (Å²) in [6.45, 7) is 9.18. The molecule has 0 spiro atoms. The quantitative estimate of drug-likeness (QED) is 0.543. The summed E-state index contributed by atoms with van der Waals surface area (Å²) >= 11 is 0. The third-order valence-corrected chi connectivity index (χ3v) is 5.15. The molecule has 3 aromatic rings. The number of hydrogen-bond donors (Lipinski definition) is 0. The van der Waals surface area contributed by atoms with E-state index >= 15 is 0 Å². The lowest BCUT2D eigenvalue weighted by Crippen LogP contribution is -2.28. The van der Waals surface area contributed by atoms with Crippen molar-refractivity contribution in [1.29, 1.82) is 0 Å². The molecule has 0 fully saturated rings. The molecule has 0 unspecified atom stereocenters. The summed E-state index contributed by atoms with van der Waals surface area (Å²) in [6.07, 6.45) is 0. The molecule has 0 aliphatic rings. The van der Waals surface area contributed by atoms with Crippen LogP contribution in [0.15, 0.2) is 78.9 Å². The van der Waals surface area contributed by atoms with Crippen molar-refractivity contribution in [2.75, 3.05) is 0 Å². The third kappa shape index (κ3) is 2.89. The second-order valence-electron chi connectivity index (χ2n) is 7.44. The highest BCUT2D eigenvalue weighted by atomic mass is 14.4. The minimum atomic E-state index is -0.0933. The molecule has 0 heterocycles. The Labute approximate surface area is 146 Å². The Morgan fingerprint density at radius 3 is 1.62 bits per heavy atom. The van der Waals surface area contributed by atoms with Gasteiger partial charge < -0.3 is 0 Å². The fourth-order valence-electron chi connectivity index (χ4n) is 3.48. The van der Waals surface area contributed by atoms with Gasteiger partial charge in [0.2, 0.25) is 0 Å². The van der Waals surface area contributed by atoms with Gasteiger partial charge in [0.15, 0.2) is 0 Å². The summed E-state index contributed by atoms with van der Waals surface area (Å²) < 4.78 is 0. The first-order valence-electron chi connectivity index (χ1n) is 8.57. The molecule has 0 bridgehead atoms. The zero-order valence-electron chi connectivity index (χ0n) is 15.0. The van der Waals surface area contributed by atoms with E-state index in [2.05, 4.69) is 107 Å². The predicted molar refractivity (Wildman–Crippen MR) is 102 cm³/mol. The average molecular weight is 313 g/mol. The molecule has 3 aromatic carbocycles. The Bertz CT molecular complexity index is 725. The Morgan fingerprint density at radius 1 is 0.583 bits per heavy atom. The van der Waals surface area contributed by atoms with Crippen molar-refractivity contribution in [1.82, 2.24) is 0 Å². The van der Waals surface area contributed by atoms with E-state index in [1.165, 1.54) is 22.3 Å². The molecule has 24 heavy (non-hydrogen) atoms.